The number of nitrogens with one attached hydrogen (secondary N) is 2. The predicted octanol–water partition coefficient (Wildman–Crippen LogP) is 4.07. The van der Waals surface area contributed by atoms with Crippen molar-refractivity contribution in [1.29, 1.82) is 0 Å². The van der Waals surface area contributed by atoms with Gasteiger partial charge in [0.25, 0.3) is 5.78 Å². The number of pyridine rings is 1. The van der Waals surface area contributed by atoms with Crippen LogP contribution in [0.5, 0.6) is 0 Å². The average molecular weight is 441 g/mol. The summed E-state index contributed by atoms with van der Waals surface area (Å²) in [6, 6.07) is 22.9. The van der Waals surface area contributed by atoms with Crippen molar-refractivity contribution in [2.75, 3.05) is 6.61 Å². The molecule has 3 aromatic rings. The SMILES string of the molecule is CCOC(=O)C(=O)C=C(C=C(NN=C(C)c1cc[nH+]cc1)c1ccccc1)c1ccccc1. The average Bonchev–Trinajstić information content (AvgIpc) is 2.87. The Labute approximate surface area is 193 Å². The number of nitrogens with zero attached hydrogens (tertiary/aromatic N) is 1. The Morgan fingerprint density at radius 1 is 0.879 bits per heavy atom. The van der Waals surface area contributed by atoms with Crippen LogP contribution >= 0.6 is 0 Å². The first-order valence-corrected chi connectivity index (χ1v) is 10.6. The minimum atomic E-state index is -0.886. The van der Waals surface area contributed by atoms with E-state index in [2.05, 4.69) is 15.5 Å². The normalized spacial score (nSPS) is 12.2. The molecule has 0 unspecified atom stereocenters. The molecule has 33 heavy (non-hydrogen) atoms. The van der Waals surface area contributed by atoms with Gasteiger partial charge in [-0.05, 0) is 36.6 Å². The molecule has 0 saturated heterocycles. The summed E-state index contributed by atoms with van der Waals surface area (Å²) in [7, 11) is 0. The fraction of sp³-hybridized carbons (Fsp3) is 0.111. The number of aromatic nitrogens is 1. The highest BCUT2D eigenvalue weighted by Crippen LogP contribution is 2.22. The molecular formula is C27H26N3O3+. The second-order valence-electron chi connectivity index (χ2n) is 7.07. The first-order chi connectivity index (χ1) is 16.1. The number of carbonyl (C=O) groups is 2. The molecule has 0 aliphatic carbocycles. The van der Waals surface area contributed by atoms with Gasteiger partial charge in [0.1, 0.15) is 0 Å². The Kier molecular flexibility index (Phi) is 8.42. The van der Waals surface area contributed by atoms with E-state index in [1.54, 1.807) is 13.0 Å². The Balaban J connectivity index is 2.04. The first-order valence-electron chi connectivity index (χ1n) is 10.6. The fourth-order valence-electron chi connectivity index (χ4n) is 3.03. The molecule has 3 rings (SSSR count). The largest absolute Gasteiger partial charge is 0.460 e. The number of ketones is 1. The molecule has 0 atom stereocenters. The van der Waals surface area contributed by atoms with E-state index < -0.39 is 11.8 Å². The third kappa shape index (κ3) is 6.83. The van der Waals surface area contributed by atoms with E-state index in [-0.39, 0.29) is 6.61 Å². The van der Waals surface area contributed by atoms with Crippen molar-refractivity contribution in [3.05, 3.63) is 114 Å². The number of aromatic amines is 1. The summed E-state index contributed by atoms with van der Waals surface area (Å²) in [5, 5.41) is 4.54. The number of hydrazone groups is 1. The van der Waals surface area contributed by atoms with E-state index in [1.165, 1.54) is 6.08 Å². The van der Waals surface area contributed by atoms with Gasteiger partial charge in [-0.15, -0.1) is 0 Å². The summed E-state index contributed by atoms with van der Waals surface area (Å²) in [5.74, 6) is -1.61. The van der Waals surface area contributed by atoms with E-state index >= 15 is 0 Å². The first kappa shape index (κ1) is 23.3. The van der Waals surface area contributed by atoms with Crippen molar-refractivity contribution >= 4 is 28.7 Å². The zero-order valence-corrected chi connectivity index (χ0v) is 18.6. The van der Waals surface area contributed by atoms with Crippen LogP contribution in [0.15, 0.2) is 102 Å². The predicted molar refractivity (Wildman–Crippen MR) is 129 cm³/mol. The molecular weight excluding hydrogens is 414 g/mol. The van der Waals surface area contributed by atoms with Crippen LogP contribution in [0, 0.1) is 0 Å². The number of hydrogen-bond donors (Lipinski definition) is 1. The van der Waals surface area contributed by atoms with Gasteiger partial charge < -0.3 is 4.74 Å². The summed E-state index contributed by atoms with van der Waals surface area (Å²) in [4.78, 5) is 27.4. The Hall–Kier alpha value is -4.32. The Morgan fingerprint density at radius 2 is 1.48 bits per heavy atom. The van der Waals surface area contributed by atoms with Crippen LogP contribution in [0.1, 0.15) is 30.5 Å². The minimum absolute atomic E-state index is 0.136. The van der Waals surface area contributed by atoms with Crippen molar-refractivity contribution < 1.29 is 19.3 Å². The topological polar surface area (TPSA) is 81.9 Å². The highest BCUT2D eigenvalue weighted by atomic mass is 16.5. The number of hydrogen-bond acceptors (Lipinski definition) is 5. The molecule has 0 amide bonds. The number of esters is 1. The summed E-state index contributed by atoms with van der Waals surface area (Å²) >= 11 is 0. The quantitative estimate of drug-likeness (QED) is 0.136. The van der Waals surface area contributed by atoms with Crippen molar-refractivity contribution in [2.45, 2.75) is 13.8 Å². The molecule has 1 aromatic heterocycles. The summed E-state index contributed by atoms with van der Waals surface area (Å²) in [5.41, 5.74) is 7.77. The van der Waals surface area contributed by atoms with Gasteiger partial charge in [-0.1, -0.05) is 60.7 Å². The number of H-pyrrole nitrogens is 1. The maximum Gasteiger partial charge on any atom is 0.379 e. The third-order valence-electron chi connectivity index (χ3n) is 4.74. The number of benzene rings is 2. The maximum atomic E-state index is 12.5. The number of carbonyl (C=O) groups excluding carboxylic acids is 2. The van der Waals surface area contributed by atoms with Crippen LogP contribution in [0.3, 0.4) is 0 Å². The molecule has 0 bridgehead atoms. The van der Waals surface area contributed by atoms with Gasteiger partial charge in [-0.3, -0.25) is 10.2 Å². The molecule has 6 heteroatoms. The van der Waals surface area contributed by atoms with E-state index in [1.807, 2.05) is 92.1 Å². The number of ether oxygens (including phenoxy) is 1. The van der Waals surface area contributed by atoms with E-state index in [0.717, 1.165) is 22.4 Å². The van der Waals surface area contributed by atoms with Gasteiger partial charge in [-0.25, -0.2) is 9.78 Å². The van der Waals surface area contributed by atoms with Crippen LogP contribution < -0.4 is 10.4 Å². The second-order valence-corrected chi connectivity index (χ2v) is 7.07. The highest BCUT2D eigenvalue weighted by Gasteiger charge is 2.14. The minimum Gasteiger partial charge on any atom is -0.460 e. The molecule has 2 N–H and O–H groups in total. The lowest BCUT2D eigenvalue weighted by atomic mass is 10.0. The maximum absolute atomic E-state index is 12.5. The van der Waals surface area contributed by atoms with Crippen molar-refractivity contribution in [3.63, 3.8) is 0 Å². The van der Waals surface area contributed by atoms with E-state index in [9.17, 15) is 9.59 Å². The summed E-state index contributed by atoms with van der Waals surface area (Å²) in [6.45, 7) is 3.70. The molecule has 0 radical (unpaired) electrons. The molecule has 0 fully saturated rings. The van der Waals surface area contributed by atoms with E-state index in [4.69, 9.17) is 4.74 Å². The molecule has 0 spiro atoms. The van der Waals surface area contributed by atoms with Crippen LogP contribution in [0.2, 0.25) is 0 Å². The summed E-state index contributed by atoms with van der Waals surface area (Å²) in [6.07, 6.45) is 6.76. The monoisotopic (exact) mass is 440 g/mol. The fourth-order valence-corrected chi connectivity index (χ4v) is 3.03. The van der Waals surface area contributed by atoms with Gasteiger partial charge in [-0.2, -0.15) is 5.10 Å². The molecule has 6 nitrogen and oxygen atoms in total. The molecule has 0 aliphatic heterocycles. The second kappa shape index (κ2) is 11.9. The summed E-state index contributed by atoms with van der Waals surface area (Å²) < 4.78 is 4.86. The number of allylic oxidation sites excluding steroid dienone is 2. The lowest BCUT2D eigenvalue weighted by Crippen LogP contribution is -2.15. The third-order valence-corrected chi connectivity index (χ3v) is 4.74. The Morgan fingerprint density at radius 3 is 2.09 bits per heavy atom. The lowest BCUT2D eigenvalue weighted by Gasteiger charge is -2.11. The van der Waals surface area contributed by atoms with Gasteiger partial charge >= 0.3 is 5.97 Å². The van der Waals surface area contributed by atoms with Gasteiger partial charge in [0, 0.05) is 23.8 Å². The standard InChI is InChI=1S/C27H25N3O3/c1-3-33-27(32)26(31)19-24(22-10-6-4-7-11-22)18-25(23-12-8-5-9-13-23)30-29-20(2)21-14-16-28-17-15-21/h4-19,30H,3H2,1-2H3/p+1. The highest BCUT2D eigenvalue weighted by molar-refractivity contribution is 6.39. The van der Waals surface area contributed by atoms with E-state index in [0.29, 0.717) is 11.3 Å². The zero-order chi connectivity index (χ0) is 23.5. The molecule has 0 aliphatic rings. The van der Waals surface area contributed by atoms with Crippen LogP contribution in [-0.4, -0.2) is 24.1 Å². The zero-order valence-electron chi connectivity index (χ0n) is 18.6. The Bertz CT molecular complexity index is 1170. The molecule has 166 valence electrons. The van der Waals surface area contributed by atoms with Crippen molar-refractivity contribution in [1.82, 2.24) is 5.43 Å². The van der Waals surface area contributed by atoms with Crippen LogP contribution in [0.4, 0.5) is 0 Å². The van der Waals surface area contributed by atoms with Crippen LogP contribution in [0.25, 0.3) is 11.3 Å². The number of rotatable bonds is 9. The molecule has 0 saturated carbocycles. The van der Waals surface area contributed by atoms with Crippen molar-refractivity contribution in [3.8, 4) is 0 Å². The van der Waals surface area contributed by atoms with Crippen molar-refractivity contribution in [2.24, 2.45) is 5.10 Å². The van der Waals surface area contributed by atoms with Gasteiger partial charge in [0.15, 0.2) is 12.4 Å². The smallest absolute Gasteiger partial charge is 0.379 e. The molecule has 2 aromatic carbocycles. The van der Waals surface area contributed by atoms with Gasteiger partial charge in [0.05, 0.1) is 18.0 Å². The lowest BCUT2D eigenvalue weighted by molar-refractivity contribution is -0.378. The van der Waals surface area contributed by atoms with Crippen LogP contribution in [-0.2, 0) is 14.3 Å². The van der Waals surface area contributed by atoms with Gasteiger partial charge in [0.2, 0.25) is 0 Å². The molecule has 1 heterocycles.